The van der Waals surface area contributed by atoms with Crippen molar-refractivity contribution in [2.75, 3.05) is 0 Å². The van der Waals surface area contributed by atoms with Gasteiger partial charge in [0, 0.05) is 11.4 Å². The van der Waals surface area contributed by atoms with Gasteiger partial charge in [-0.25, -0.2) is 4.79 Å². The van der Waals surface area contributed by atoms with E-state index in [0.717, 1.165) is 15.9 Å². The number of amides is 1. The Labute approximate surface area is 131 Å². The topological polar surface area (TPSA) is 56.0 Å². The van der Waals surface area contributed by atoms with E-state index in [1.165, 1.54) is 4.57 Å². The minimum Gasteiger partial charge on any atom is -0.350 e. The first-order valence-corrected chi connectivity index (χ1v) is 8.06. The Morgan fingerprint density at radius 3 is 2.50 bits per heavy atom. The second kappa shape index (κ2) is 6.19. The molecule has 2 heterocycles. The second-order valence-electron chi connectivity index (χ2n) is 4.96. The van der Waals surface area contributed by atoms with E-state index < -0.39 is 0 Å². The lowest BCUT2D eigenvalue weighted by molar-refractivity contribution is -0.121. The maximum atomic E-state index is 12.4. The number of carbonyl (C=O) groups excluding carboxylic acids is 1. The zero-order valence-electron chi connectivity index (χ0n) is 12.3. The van der Waals surface area contributed by atoms with Crippen molar-refractivity contribution in [1.29, 1.82) is 0 Å². The standard InChI is InChI=1S/C16H17N3O2S/c1-2-18-13-7-3-4-8-14(13)19(16(18)21)11-15(20)17-10-12-6-5-9-22-12/h3-9H,2,10-11H2,1H3,(H,17,20). The molecule has 0 bridgehead atoms. The van der Waals surface area contributed by atoms with Crippen LogP contribution in [0.2, 0.25) is 0 Å². The minimum atomic E-state index is -0.158. The molecule has 1 N–H and O–H groups in total. The molecule has 22 heavy (non-hydrogen) atoms. The van der Waals surface area contributed by atoms with Gasteiger partial charge in [0.1, 0.15) is 6.54 Å². The highest BCUT2D eigenvalue weighted by atomic mass is 32.1. The Bertz CT molecular complexity index is 846. The van der Waals surface area contributed by atoms with Gasteiger partial charge in [-0.2, -0.15) is 0 Å². The van der Waals surface area contributed by atoms with Gasteiger partial charge < -0.3 is 5.32 Å². The molecular weight excluding hydrogens is 298 g/mol. The van der Waals surface area contributed by atoms with E-state index in [1.54, 1.807) is 15.9 Å². The molecular formula is C16H17N3O2S. The fourth-order valence-electron chi connectivity index (χ4n) is 2.53. The van der Waals surface area contributed by atoms with Crippen molar-refractivity contribution in [3.8, 4) is 0 Å². The summed E-state index contributed by atoms with van der Waals surface area (Å²) in [6, 6.07) is 11.5. The number of rotatable bonds is 5. The third-order valence-corrected chi connectivity index (χ3v) is 4.46. The molecule has 1 amide bonds. The lowest BCUT2D eigenvalue weighted by Crippen LogP contribution is -2.32. The molecule has 3 rings (SSSR count). The third-order valence-electron chi connectivity index (χ3n) is 3.58. The number of para-hydroxylation sites is 2. The second-order valence-corrected chi connectivity index (χ2v) is 5.99. The molecule has 5 nitrogen and oxygen atoms in total. The number of thiophene rings is 1. The van der Waals surface area contributed by atoms with Gasteiger partial charge in [0.25, 0.3) is 0 Å². The van der Waals surface area contributed by atoms with Crippen LogP contribution in [0.25, 0.3) is 11.0 Å². The summed E-state index contributed by atoms with van der Waals surface area (Å²) in [5, 5.41) is 4.83. The SMILES string of the molecule is CCn1c(=O)n(CC(=O)NCc2cccs2)c2ccccc21. The average Bonchev–Trinajstić information content (AvgIpc) is 3.13. The number of fused-ring (bicyclic) bond motifs is 1. The normalized spacial score (nSPS) is 11.0. The highest BCUT2D eigenvalue weighted by Crippen LogP contribution is 2.12. The molecule has 0 spiro atoms. The van der Waals surface area contributed by atoms with Crippen molar-refractivity contribution in [2.24, 2.45) is 0 Å². The molecule has 0 fully saturated rings. The monoisotopic (exact) mass is 315 g/mol. The van der Waals surface area contributed by atoms with Crippen LogP contribution < -0.4 is 11.0 Å². The first kappa shape index (κ1) is 14.6. The van der Waals surface area contributed by atoms with Gasteiger partial charge in [-0.3, -0.25) is 13.9 Å². The zero-order valence-corrected chi connectivity index (χ0v) is 13.1. The Balaban J connectivity index is 1.83. The predicted octanol–water partition coefficient (Wildman–Crippen LogP) is 2.20. The van der Waals surface area contributed by atoms with Gasteiger partial charge in [0.15, 0.2) is 0 Å². The van der Waals surface area contributed by atoms with E-state index in [-0.39, 0.29) is 18.1 Å². The van der Waals surface area contributed by atoms with Gasteiger partial charge >= 0.3 is 5.69 Å². The van der Waals surface area contributed by atoms with Gasteiger partial charge in [-0.1, -0.05) is 18.2 Å². The van der Waals surface area contributed by atoms with Crippen LogP contribution in [0, 0.1) is 0 Å². The summed E-state index contributed by atoms with van der Waals surface area (Å²) in [4.78, 5) is 25.7. The first-order valence-electron chi connectivity index (χ1n) is 7.18. The van der Waals surface area contributed by atoms with E-state index in [2.05, 4.69) is 5.32 Å². The Hall–Kier alpha value is -2.34. The zero-order chi connectivity index (χ0) is 15.5. The quantitative estimate of drug-likeness (QED) is 0.785. The fourth-order valence-corrected chi connectivity index (χ4v) is 3.17. The van der Waals surface area contributed by atoms with E-state index in [1.807, 2.05) is 48.7 Å². The van der Waals surface area contributed by atoms with E-state index in [4.69, 9.17) is 0 Å². The molecule has 0 atom stereocenters. The molecule has 0 aliphatic rings. The van der Waals surface area contributed by atoms with Crippen molar-refractivity contribution in [3.63, 3.8) is 0 Å². The lowest BCUT2D eigenvalue weighted by atomic mass is 10.3. The molecule has 0 unspecified atom stereocenters. The van der Waals surface area contributed by atoms with E-state index >= 15 is 0 Å². The van der Waals surface area contributed by atoms with Crippen LogP contribution in [0.1, 0.15) is 11.8 Å². The minimum absolute atomic E-state index is 0.0394. The van der Waals surface area contributed by atoms with Crippen LogP contribution in [-0.4, -0.2) is 15.0 Å². The molecule has 1 aromatic carbocycles. The van der Waals surface area contributed by atoms with Crippen LogP contribution in [0.5, 0.6) is 0 Å². The van der Waals surface area contributed by atoms with Crippen LogP contribution >= 0.6 is 11.3 Å². The molecule has 0 saturated carbocycles. The van der Waals surface area contributed by atoms with Crippen molar-refractivity contribution >= 4 is 28.3 Å². The van der Waals surface area contributed by atoms with Gasteiger partial charge in [-0.15, -0.1) is 11.3 Å². The molecule has 2 aromatic heterocycles. The maximum Gasteiger partial charge on any atom is 0.329 e. The number of hydrogen-bond donors (Lipinski definition) is 1. The summed E-state index contributed by atoms with van der Waals surface area (Å²) in [6.07, 6.45) is 0. The van der Waals surface area contributed by atoms with Crippen LogP contribution in [0.3, 0.4) is 0 Å². The van der Waals surface area contributed by atoms with Crippen molar-refractivity contribution in [2.45, 2.75) is 26.6 Å². The highest BCUT2D eigenvalue weighted by Gasteiger charge is 2.14. The lowest BCUT2D eigenvalue weighted by Gasteiger charge is -2.05. The maximum absolute atomic E-state index is 12.4. The van der Waals surface area contributed by atoms with E-state index in [9.17, 15) is 9.59 Å². The first-order chi connectivity index (χ1) is 10.7. The molecule has 0 saturated heterocycles. The molecule has 6 heteroatoms. The number of aromatic nitrogens is 2. The summed E-state index contributed by atoms with van der Waals surface area (Å²) in [6.45, 7) is 3.05. The number of hydrogen-bond acceptors (Lipinski definition) is 3. The largest absolute Gasteiger partial charge is 0.350 e. The third kappa shape index (κ3) is 2.69. The van der Waals surface area contributed by atoms with Crippen molar-refractivity contribution in [3.05, 3.63) is 57.1 Å². The average molecular weight is 315 g/mol. The number of benzene rings is 1. The Morgan fingerprint density at radius 2 is 1.86 bits per heavy atom. The molecule has 0 aliphatic carbocycles. The van der Waals surface area contributed by atoms with Gasteiger partial charge in [0.2, 0.25) is 5.91 Å². The summed E-state index contributed by atoms with van der Waals surface area (Å²) in [7, 11) is 0. The number of aryl methyl sites for hydroxylation is 1. The van der Waals surface area contributed by atoms with Crippen LogP contribution in [-0.2, 0) is 24.4 Å². The Kier molecular flexibility index (Phi) is 4.11. The molecule has 0 aliphatic heterocycles. The summed E-state index contributed by atoms with van der Waals surface area (Å²) in [5.41, 5.74) is 1.51. The number of nitrogens with zero attached hydrogens (tertiary/aromatic N) is 2. The molecule has 0 radical (unpaired) electrons. The van der Waals surface area contributed by atoms with Gasteiger partial charge in [0.05, 0.1) is 17.6 Å². The highest BCUT2D eigenvalue weighted by molar-refractivity contribution is 7.09. The summed E-state index contributed by atoms with van der Waals surface area (Å²) < 4.78 is 3.21. The van der Waals surface area contributed by atoms with Crippen molar-refractivity contribution < 1.29 is 4.79 Å². The Morgan fingerprint density at radius 1 is 1.14 bits per heavy atom. The predicted molar refractivity (Wildman–Crippen MR) is 88.0 cm³/mol. The summed E-state index contributed by atoms with van der Waals surface area (Å²) >= 11 is 1.60. The smallest absolute Gasteiger partial charge is 0.329 e. The van der Waals surface area contributed by atoms with Crippen molar-refractivity contribution in [1.82, 2.24) is 14.5 Å². The summed E-state index contributed by atoms with van der Waals surface area (Å²) in [5.74, 6) is -0.158. The number of nitrogens with one attached hydrogen (secondary N) is 1. The van der Waals surface area contributed by atoms with E-state index in [0.29, 0.717) is 13.1 Å². The molecule has 3 aromatic rings. The van der Waals surface area contributed by atoms with Crippen LogP contribution in [0.15, 0.2) is 46.6 Å². The number of carbonyl (C=O) groups is 1. The fraction of sp³-hybridized carbons (Fsp3) is 0.250. The number of imidazole rings is 1. The molecule has 114 valence electrons. The van der Waals surface area contributed by atoms with Gasteiger partial charge in [-0.05, 0) is 30.5 Å². The van der Waals surface area contributed by atoms with Crippen LogP contribution in [0.4, 0.5) is 0 Å².